The van der Waals surface area contributed by atoms with Gasteiger partial charge in [-0.25, -0.2) is 0 Å². The second kappa shape index (κ2) is 5.31. The average molecular weight is 285 g/mol. The van der Waals surface area contributed by atoms with Crippen LogP contribution in [0.25, 0.3) is 0 Å². The molecule has 0 spiro atoms. The Bertz CT molecular complexity index is 498. The number of fused-ring (bicyclic) bond motifs is 5. The molecule has 4 rings (SSSR count). The van der Waals surface area contributed by atoms with Crippen LogP contribution in [-0.4, -0.2) is 13.7 Å². The number of nitrogens with one attached hydrogen (secondary N) is 1. The summed E-state index contributed by atoms with van der Waals surface area (Å²) in [6, 6.07) is 9.14. The van der Waals surface area contributed by atoms with Gasteiger partial charge in [0.25, 0.3) is 0 Å². The molecule has 1 aromatic carbocycles. The van der Waals surface area contributed by atoms with Gasteiger partial charge in [-0.05, 0) is 68.4 Å². The van der Waals surface area contributed by atoms with Crippen molar-refractivity contribution in [3.63, 3.8) is 0 Å². The van der Waals surface area contributed by atoms with Gasteiger partial charge in [0.15, 0.2) is 0 Å². The van der Waals surface area contributed by atoms with Crippen molar-refractivity contribution in [3.8, 4) is 5.75 Å². The fourth-order valence-electron chi connectivity index (χ4n) is 5.47. The minimum atomic E-state index is 0.483. The maximum atomic E-state index is 6.00. The van der Waals surface area contributed by atoms with Gasteiger partial charge in [-0.3, -0.25) is 0 Å². The van der Waals surface area contributed by atoms with Gasteiger partial charge in [0, 0.05) is 11.6 Å². The molecular formula is C19H27NO. The normalized spacial score (nSPS) is 37.3. The fourth-order valence-corrected chi connectivity index (χ4v) is 5.47. The Morgan fingerprint density at radius 2 is 1.90 bits per heavy atom. The zero-order chi connectivity index (χ0) is 14.4. The Labute approximate surface area is 128 Å². The van der Waals surface area contributed by atoms with E-state index in [-0.39, 0.29) is 0 Å². The molecule has 0 heterocycles. The lowest BCUT2D eigenvalue weighted by molar-refractivity contribution is 0.304. The molecule has 0 radical (unpaired) electrons. The van der Waals surface area contributed by atoms with Gasteiger partial charge >= 0.3 is 0 Å². The van der Waals surface area contributed by atoms with Crippen molar-refractivity contribution >= 4 is 0 Å². The molecule has 2 nitrogen and oxygen atoms in total. The topological polar surface area (TPSA) is 21.3 Å². The van der Waals surface area contributed by atoms with E-state index in [4.69, 9.17) is 4.74 Å². The summed E-state index contributed by atoms with van der Waals surface area (Å²) >= 11 is 0. The van der Waals surface area contributed by atoms with Crippen LogP contribution in [0.1, 0.15) is 44.2 Å². The van der Waals surface area contributed by atoms with Crippen molar-refractivity contribution in [2.24, 2.45) is 29.6 Å². The Balaban J connectivity index is 1.57. The second-order valence-corrected chi connectivity index (χ2v) is 7.22. The molecule has 21 heavy (non-hydrogen) atoms. The van der Waals surface area contributed by atoms with Crippen LogP contribution in [0.3, 0.4) is 0 Å². The van der Waals surface area contributed by atoms with E-state index < -0.39 is 0 Å². The van der Waals surface area contributed by atoms with Gasteiger partial charge in [-0.15, -0.1) is 0 Å². The predicted molar refractivity (Wildman–Crippen MR) is 85.3 cm³/mol. The number of benzene rings is 1. The molecule has 1 N–H and O–H groups in total. The third-order valence-electron chi connectivity index (χ3n) is 6.21. The van der Waals surface area contributed by atoms with Gasteiger partial charge in [0.1, 0.15) is 5.75 Å². The molecule has 0 aliphatic heterocycles. The van der Waals surface area contributed by atoms with E-state index in [2.05, 4.69) is 43.6 Å². The van der Waals surface area contributed by atoms with E-state index in [9.17, 15) is 0 Å². The van der Waals surface area contributed by atoms with Gasteiger partial charge in [0.2, 0.25) is 0 Å². The highest BCUT2D eigenvalue weighted by atomic mass is 16.5. The van der Waals surface area contributed by atoms with Crippen molar-refractivity contribution in [2.75, 3.05) is 13.7 Å². The summed E-state index contributed by atoms with van der Waals surface area (Å²) in [7, 11) is 2.12. The molecule has 3 aliphatic rings. The van der Waals surface area contributed by atoms with Crippen molar-refractivity contribution in [2.45, 2.75) is 38.6 Å². The zero-order valence-corrected chi connectivity index (χ0v) is 13.2. The van der Waals surface area contributed by atoms with Crippen LogP contribution in [-0.2, 0) is 0 Å². The minimum Gasteiger partial charge on any atom is -0.493 e. The lowest BCUT2D eigenvalue weighted by atomic mass is 9.92. The van der Waals surface area contributed by atoms with Crippen molar-refractivity contribution in [3.05, 3.63) is 29.8 Å². The van der Waals surface area contributed by atoms with Gasteiger partial charge in [-0.2, -0.15) is 0 Å². The molecule has 2 bridgehead atoms. The molecule has 5 atom stereocenters. The highest BCUT2D eigenvalue weighted by Gasteiger charge is 2.66. The third kappa shape index (κ3) is 2.11. The summed E-state index contributed by atoms with van der Waals surface area (Å²) in [5, 5.41) is 3.61. The first-order valence-corrected chi connectivity index (χ1v) is 8.74. The maximum Gasteiger partial charge on any atom is 0.124 e. The highest BCUT2D eigenvalue weighted by Crippen LogP contribution is 2.72. The van der Waals surface area contributed by atoms with Crippen LogP contribution in [0.5, 0.6) is 5.75 Å². The van der Waals surface area contributed by atoms with Crippen molar-refractivity contribution < 1.29 is 4.74 Å². The predicted octanol–water partition coefficient (Wildman–Crippen LogP) is 4.03. The van der Waals surface area contributed by atoms with E-state index >= 15 is 0 Å². The summed E-state index contributed by atoms with van der Waals surface area (Å²) in [6.07, 6.45) is 5.58. The monoisotopic (exact) mass is 285 g/mol. The molecule has 3 aliphatic carbocycles. The average Bonchev–Trinajstić information content (AvgIpc) is 2.93. The summed E-state index contributed by atoms with van der Waals surface area (Å²) < 4.78 is 6.00. The lowest BCUT2D eigenvalue weighted by Crippen LogP contribution is -2.22. The van der Waals surface area contributed by atoms with Crippen molar-refractivity contribution in [1.29, 1.82) is 0 Å². The first-order valence-electron chi connectivity index (χ1n) is 8.74. The van der Waals surface area contributed by atoms with E-state index in [0.717, 1.165) is 48.4 Å². The first-order chi connectivity index (χ1) is 10.3. The Morgan fingerprint density at radius 1 is 1.19 bits per heavy atom. The number of hydrogen-bond donors (Lipinski definition) is 1. The molecule has 114 valence electrons. The minimum absolute atomic E-state index is 0.483. The number of para-hydroxylation sites is 1. The molecule has 1 aromatic rings. The van der Waals surface area contributed by atoms with E-state index in [1.165, 1.54) is 24.8 Å². The van der Waals surface area contributed by atoms with E-state index in [0.29, 0.717) is 6.04 Å². The second-order valence-electron chi connectivity index (χ2n) is 7.22. The first kappa shape index (κ1) is 13.6. The maximum absolute atomic E-state index is 6.00. The largest absolute Gasteiger partial charge is 0.493 e. The molecule has 2 heteroatoms. The number of hydrogen-bond acceptors (Lipinski definition) is 2. The SMILES string of the molecule is CCCOc1ccccc1C(NC)C1C2C3CCC(C3)C21. The molecule has 0 saturated heterocycles. The molecular weight excluding hydrogens is 258 g/mol. The smallest absolute Gasteiger partial charge is 0.124 e. The van der Waals surface area contributed by atoms with E-state index in [1.807, 2.05) is 0 Å². The molecule has 0 aromatic heterocycles. The van der Waals surface area contributed by atoms with Crippen LogP contribution >= 0.6 is 0 Å². The van der Waals surface area contributed by atoms with Crippen LogP contribution < -0.4 is 10.1 Å². The Kier molecular flexibility index (Phi) is 3.45. The number of ether oxygens (including phenoxy) is 1. The third-order valence-corrected chi connectivity index (χ3v) is 6.21. The summed E-state index contributed by atoms with van der Waals surface area (Å²) in [5.41, 5.74) is 1.38. The fraction of sp³-hybridized carbons (Fsp3) is 0.684. The Morgan fingerprint density at radius 3 is 2.57 bits per heavy atom. The summed E-state index contributed by atoms with van der Waals surface area (Å²) in [4.78, 5) is 0. The van der Waals surface area contributed by atoms with Crippen LogP contribution in [0.2, 0.25) is 0 Å². The van der Waals surface area contributed by atoms with Gasteiger partial charge < -0.3 is 10.1 Å². The van der Waals surface area contributed by atoms with Crippen molar-refractivity contribution in [1.82, 2.24) is 5.32 Å². The molecule has 3 saturated carbocycles. The van der Waals surface area contributed by atoms with Gasteiger partial charge in [0.05, 0.1) is 6.61 Å². The molecule has 3 fully saturated rings. The zero-order valence-electron chi connectivity index (χ0n) is 13.2. The summed E-state index contributed by atoms with van der Waals surface area (Å²) in [6.45, 7) is 2.98. The lowest BCUT2D eigenvalue weighted by Gasteiger charge is -2.23. The Hall–Kier alpha value is -1.02. The molecule has 0 amide bonds. The van der Waals surface area contributed by atoms with E-state index in [1.54, 1.807) is 0 Å². The standard InChI is InChI=1S/C19H27NO/c1-3-10-21-15-7-5-4-6-14(15)19(20-2)18-16-12-8-9-13(11-12)17(16)18/h4-7,12-13,16-20H,3,8-11H2,1-2H3. The van der Waals surface area contributed by atoms with Crippen LogP contribution in [0.4, 0.5) is 0 Å². The van der Waals surface area contributed by atoms with Crippen LogP contribution in [0, 0.1) is 29.6 Å². The van der Waals surface area contributed by atoms with Gasteiger partial charge in [-0.1, -0.05) is 25.1 Å². The quantitative estimate of drug-likeness (QED) is 0.852. The summed E-state index contributed by atoms with van der Waals surface area (Å²) in [5.74, 6) is 6.01. The molecule has 5 unspecified atom stereocenters. The highest BCUT2D eigenvalue weighted by molar-refractivity contribution is 5.38. The van der Waals surface area contributed by atoms with Crippen LogP contribution in [0.15, 0.2) is 24.3 Å². The number of rotatable bonds is 6.